The Balaban J connectivity index is 2.28. The molecule has 0 saturated heterocycles. The molecule has 0 unspecified atom stereocenters. The van der Waals surface area contributed by atoms with E-state index in [2.05, 4.69) is 9.97 Å². The Morgan fingerprint density at radius 2 is 1.67 bits per heavy atom. The number of aromatic amines is 1. The minimum Gasteiger partial charge on any atom is -0.342 e. The van der Waals surface area contributed by atoms with E-state index in [0.29, 0.717) is 5.82 Å². The molecule has 0 aromatic carbocycles. The van der Waals surface area contributed by atoms with Crippen molar-refractivity contribution in [3.8, 4) is 0 Å². The van der Waals surface area contributed by atoms with Crippen molar-refractivity contribution < 1.29 is 0 Å². The Morgan fingerprint density at radius 3 is 2.33 bits per heavy atom. The monoisotopic (exact) mass is 266 g/mol. The Hall–Kier alpha value is 0.0800. The van der Waals surface area contributed by atoms with Crippen LogP contribution in [0.25, 0.3) is 0 Å². The predicted octanol–water partition coefficient (Wildman–Crippen LogP) is 3.90. The average Bonchev–Trinajstić information content (AvgIpc) is 2.46. The molecule has 1 aromatic heterocycles. The van der Waals surface area contributed by atoms with Gasteiger partial charge in [0.05, 0.1) is 5.69 Å². The molecule has 0 saturated carbocycles. The largest absolute Gasteiger partial charge is 0.342 e. The van der Waals surface area contributed by atoms with Crippen LogP contribution in [-0.2, 0) is 16.6 Å². The first-order chi connectivity index (χ1) is 7.07. The lowest BCUT2D eigenvalue weighted by Crippen LogP contribution is -2.02. The molecule has 2 rings (SSSR count). The van der Waals surface area contributed by atoms with Gasteiger partial charge in [0.25, 0.3) is 0 Å². The van der Waals surface area contributed by atoms with Crippen molar-refractivity contribution >= 4 is 34.8 Å². The quantitative estimate of drug-likeness (QED) is 0.710. The summed E-state index contributed by atoms with van der Waals surface area (Å²) in [5.41, 5.74) is 2.23. The van der Waals surface area contributed by atoms with E-state index in [1.54, 1.807) is 0 Å². The van der Waals surface area contributed by atoms with E-state index in [0.717, 1.165) is 24.2 Å². The first kappa shape index (κ1) is 11.6. The molecule has 84 valence electrons. The number of aromatic nitrogens is 2. The summed E-state index contributed by atoms with van der Waals surface area (Å²) < 4.78 is -1.43. The van der Waals surface area contributed by atoms with Crippen molar-refractivity contribution in [3.63, 3.8) is 0 Å². The Bertz CT molecular complexity index is 315. The number of halogens is 3. The zero-order valence-electron chi connectivity index (χ0n) is 8.32. The standard InChI is InChI=1S/C10H13Cl3N2/c11-10(12,13)9-14-7-5-3-1-2-4-6-8(7)15-9/h1-6H2,(H,14,15). The maximum absolute atomic E-state index is 5.80. The Morgan fingerprint density at radius 1 is 1.00 bits per heavy atom. The van der Waals surface area contributed by atoms with Crippen LogP contribution in [0.3, 0.4) is 0 Å². The summed E-state index contributed by atoms with van der Waals surface area (Å²) in [6, 6.07) is 0. The number of aryl methyl sites for hydroxylation is 2. The van der Waals surface area contributed by atoms with Gasteiger partial charge in [0.1, 0.15) is 0 Å². The number of imidazole rings is 1. The highest BCUT2D eigenvalue weighted by Gasteiger charge is 2.28. The second-order valence-corrected chi connectivity index (χ2v) is 6.20. The lowest BCUT2D eigenvalue weighted by molar-refractivity contribution is 0.608. The van der Waals surface area contributed by atoms with Crippen molar-refractivity contribution in [3.05, 3.63) is 17.2 Å². The van der Waals surface area contributed by atoms with Gasteiger partial charge >= 0.3 is 0 Å². The first-order valence-corrected chi connectivity index (χ1v) is 6.36. The zero-order chi connectivity index (χ0) is 10.9. The van der Waals surface area contributed by atoms with Gasteiger partial charge in [0.15, 0.2) is 5.82 Å². The number of hydrogen-bond donors (Lipinski definition) is 1. The van der Waals surface area contributed by atoms with Gasteiger partial charge in [-0.15, -0.1) is 0 Å². The van der Waals surface area contributed by atoms with Gasteiger partial charge in [-0.3, -0.25) is 0 Å². The van der Waals surface area contributed by atoms with E-state index in [4.69, 9.17) is 34.8 Å². The van der Waals surface area contributed by atoms with E-state index in [9.17, 15) is 0 Å². The summed E-state index contributed by atoms with van der Waals surface area (Å²) in [4.78, 5) is 7.51. The van der Waals surface area contributed by atoms with Gasteiger partial charge in [-0.25, -0.2) is 4.98 Å². The van der Waals surface area contributed by atoms with Crippen LogP contribution in [0.5, 0.6) is 0 Å². The molecule has 1 aliphatic rings. The predicted molar refractivity (Wildman–Crippen MR) is 63.7 cm³/mol. The summed E-state index contributed by atoms with van der Waals surface area (Å²) in [6.45, 7) is 0. The van der Waals surface area contributed by atoms with E-state index < -0.39 is 3.79 Å². The molecule has 0 atom stereocenters. The van der Waals surface area contributed by atoms with E-state index in [1.807, 2.05) is 0 Å². The smallest absolute Gasteiger partial charge is 0.248 e. The summed E-state index contributed by atoms with van der Waals surface area (Å²) in [6.07, 6.45) is 6.93. The van der Waals surface area contributed by atoms with Crippen LogP contribution < -0.4 is 0 Å². The number of hydrogen-bond acceptors (Lipinski definition) is 1. The summed E-state index contributed by atoms with van der Waals surface area (Å²) >= 11 is 17.4. The highest BCUT2D eigenvalue weighted by atomic mass is 35.6. The third kappa shape index (κ3) is 2.80. The van der Waals surface area contributed by atoms with Gasteiger partial charge in [-0.05, 0) is 25.7 Å². The highest BCUT2D eigenvalue weighted by Crippen LogP contribution is 2.37. The fourth-order valence-corrected chi connectivity index (χ4v) is 2.21. The second kappa shape index (κ2) is 4.52. The van der Waals surface area contributed by atoms with Crippen molar-refractivity contribution in [1.29, 1.82) is 0 Å². The van der Waals surface area contributed by atoms with Crippen molar-refractivity contribution in [2.45, 2.75) is 42.3 Å². The third-order valence-electron chi connectivity index (χ3n) is 2.72. The maximum Gasteiger partial charge on any atom is 0.248 e. The zero-order valence-corrected chi connectivity index (χ0v) is 10.6. The van der Waals surface area contributed by atoms with Gasteiger partial charge < -0.3 is 4.98 Å². The lowest BCUT2D eigenvalue weighted by atomic mass is 10.0. The van der Waals surface area contributed by atoms with Crippen LogP contribution in [0.15, 0.2) is 0 Å². The fraction of sp³-hybridized carbons (Fsp3) is 0.700. The number of nitrogens with zero attached hydrogens (tertiary/aromatic N) is 1. The molecule has 0 radical (unpaired) electrons. The van der Waals surface area contributed by atoms with Crippen LogP contribution in [0, 0.1) is 0 Å². The van der Waals surface area contributed by atoms with Crippen LogP contribution in [0.2, 0.25) is 0 Å². The number of alkyl halides is 3. The average molecular weight is 268 g/mol. The molecule has 1 N–H and O–H groups in total. The highest BCUT2D eigenvalue weighted by molar-refractivity contribution is 6.66. The summed E-state index contributed by atoms with van der Waals surface area (Å²) in [5.74, 6) is 0.458. The number of fused-ring (bicyclic) bond motifs is 1. The van der Waals surface area contributed by atoms with Crippen molar-refractivity contribution in [2.75, 3.05) is 0 Å². The molecule has 0 aliphatic heterocycles. The van der Waals surface area contributed by atoms with Crippen LogP contribution in [0.1, 0.15) is 42.9 Å². The number of rotatable bonds is 0. The Labute approximate surface area is 104 Å². The first-order valence-electron chi connectivity index (χ1n) is 5.22. The van der Waals surface area contributed by atoms with Crippen LogP contribution >= 0.6 is 34.8 Å². The third-order valence-corrected chi connectivity index (χ3v) is 3.26. The van der Waals surface area contributed by atoms with E-state index in [1.165, 1.54) is 25.7 Å². The molecule has 2 nitrogen and oxygen atoms in total. The fourth-order valence-electron chi connectivity index (χ4n) is 1.94. The maximum atomic E-state index is 5.80. The van der Waals surface area contributed by atoms with E-state index in [-0.39, 0.29) is 0 Å². The molecular weight excluding hydrogens is 254 g/mol. The van der Waals surface area contributed by atoms with Gasteiger partial charge in [0.2, 0.25) is 3.79 Å². The molecule has 15 heavy (non-hydrogen) atoms. The molecule has 0 bridgehead atoms. The van der Waals surface area contributed by atoms with Crippen molar-refractivity contribution in [1.82, 2.24) is 9.97 Å². The summed E-state index contributed by atoms with van der Waals surface area (Å²) in [7, 11) is 0. The second-order valence-electron chi connectivity index (χ2n) is 3.92. The molecule has 1 aliphatic carbocycles. The SMILES string of the molecule is ClC(Cl)(Cl)c1nc2c([nH]1)CCCCCC2. The van der Waals surface area contributed by atoms with Gasteiger partial charge in [-0.2, -0.15) is 0 Å². The molecular formula is C10H13Cl3N2. The van der Waals surface area contributed by atoms with Gasteiger partial charge in [-0.1, -0.05) is 47.6 Å². The van der Waals surface area contributed by atoms with E-state index >= 15 is 0 Å². The lowest BCUT2D eigenvalue weighted by Gasteiger charge is -2.07. The minimum atomic E-state index is -1.43. The van der Waals surface area contributed by atoms with Crippen molar-refractivity contribution in [2.24, 2.45) is 0 Å². The molecule has 0 fully saturated rings. The number of H-pyrrole nitrogens is 1. The van der Waals surface area contributed by atoms with Crippen LogP contribution in [-0.4, -0.2) is 9.97 Å². The summed E-state index contributed by atoms with van der Waals surface area (Å²) in [5, 5.41) is 0. The Kier molecular flexibility index (Phi) is 3.49. The normalized spacial score (nSPS) is 18.1. The molecule has 5 heteroatoms. The minimum absolute atomic E-state index is 0.458. The molecule has 0 amide bonds. The number of nitrogens with one attached hydrogen (secondary N) is 1. The molecule has 0 spiro atoms. The van der Waals surface area contributed by atoms with Gasteiger partial charge in [0, 0.05) is 5.69 Å². The molecule has 1 heterocycles. The topological polar surface area (TPSA) is 28.7 Å². The molecule has 1 aromatic rings. The van der Waals surface area contributed by atoms with Crippen LogP contribution in [0.4, 0.5) is 0 Å².